The number of carbonyl (C=O) groups is 1. The predicted molar refractivity (Wildman–Crippen MR) is 125 cm³/mol. The second-order valence-corrected chi connectivity index (χ2v) is 8.28. The van der Waals surface area contributed by atoms with Crippen LogP contribution in [0.3, 0.4) is 0 Å². The zero-order chi connectivity index (χ0) is 22.9. The number of carbonyl (C=O) groups excluding carboxylic acids is 1. The number of rotatable bonds is 5. The summed E-state index contributed by atoms with van der Waals surface area (Å²) in [6, 6.07) is 10.4. The summed E-state index contributed by atoms with van der Waals surface area (Å²) in [5.41, 5.74) is -0.515. The Morgan fingerprint density at radius 1 is 1.18 bits per heavy atom. The summed E-state index contributed by atoms with van der Waals surface area (Å²) in [6.07, 6.45) is -1.06. The van der Waals surface area contributed by atoms with Crippen molar-refractivity contribution in [1.82, 2.24) is 9.88 Å². The maximum Gasteiger partial charge on any atom is 0.417 e. The molecule has 3 aromatic rings. The van der Waals surface area contributed by atoms with Crippen molar-refractivity contribution in [1.29, 1.82) is 0 Å². The van der Waals surface area contributed by atoms with E-state index in [0.717, 1.165) is 31.5 Å². The zero-order valence-electron chi connectivity index (χ0n) is 17.0. The van der Waals surface area contributed by atoms with Crippen LogP contribution in [-0.2, 0) is 23.9 Å². The number of alkyl halides is 3. The molecule has 4 rings (SSSR count). The number of hydrogen-bond acceptors (Lipinski definition) is 3. The molecule has 1 saturated heterocycles. The minimum Gasteiger partial charge on any atom is -0.325 e. The van der Waals surface area contributed by atoms with Gasteiger partial charge in [-0.05, 0) is 55.3 Å². The van der Waals surface area contributed by atoms with Gasteiger partial charge in [0.15, 0.2) is 0 Å². The summed E-state index contributed by atoms with van der Waals surface area (Å²) in [4.78, 5) is 25.4. The Balaban J connectivity index is 0.00000306. The molecule has 33 heavy (non-hydrogen) atoms. The van der Waals surface area contributed by atoms with E-state index >= 15 is 0 Å². The molecule has 1 atom stereocenters. The highest BCUT2D eigenvalue weighted by atomic mass is 35.5. The van der Waals surface area contributed by atoms with Crippen molar-refractivity contribution in [2.45, 2.75) is 45.5 Å². The standard InChI is InChI=1S/C23H21ClF3N3O2.CH4/c24-19-7-6-14(11-18(19)23(25,26)27)12-21(31)29-20-5-1-4-17-16(20)8-10-30(22(17)32)13-15-3-2-9-28-15;/h1,4-8,10-11,15,28H,2-3,9,12-13H2,(H,29,31);1H4/t15-;/m1./s1. The van der Waals surface area contributed by atoms with Crippen LogP contribution in [0.2, 0.25) is 5.02 Å². The molecule has 1 aliphatic heterocycles. The number of halogens is 4. The lowest BCUT2D eigenvalue weighted by atomic mass is 10.1. The van der Waals surface area contributed by atoms with Gasteiger partial charge >= 0.3 is 6.18 Å². The van der Waals surface area contributed by atoms with Crippen molar-refractivity contribution in [3.63, 3.8) is 0 Å². The number of hydrogen-bond donors (Lipinski definition) is 2. The van der Waals surface area contributed by atoms with Gasteiger partial charge in [0.1, 0.15) is 0 Å². The van der Waals surface area contributed by atoms with Crippen LogP contribution in [0.1, 0.15) is 31.4 Å². The SMILES string of the molecule is C.O=C(Cc1ccc(Cl)c(C(F)(F)F)c1)Nc1cccc2c(=O)n(C[C@H]3CCCN3)ccc12. The number of nitrogens with one attached hydrogen (secondary N) is 2. The van der Waals surface area contributed by atoms with E-state index in [9.17, 15) is 22.8 Å². The Kier molecular flexibility index (Phi) is 7.49. The van der Waals surface area contributed by atoms with Crippen LogP contribution in [-0.4, -0.2) is 23.1 Å². The molecule has 1 amide bonds. The van der Waals surface area contributed by atoms with Crippen molar-refractivity contribution in [3.8, 4) is 0 Å². The van der Waals surface area contributed by atoms with Crippen LogP contribution in [0.4, 0.5) is 18.9 Å². The minimum atomic E-state index is -4.60. The number of anilines is 1. The summed E-state index contributed by atoms with van der Waals surface area (Å²) >= 11 is 5.64. The Morgan fingerprint density at radius 2 is 1.97 bits per heavy atom. The van der Waals surface area contributed by atoms with Gasteiger partial charge in [-0.15, -0.1) is 0 Å². The molecule has 0 bridgehead atoms. The molecule has 0 radical (unpaired) electrons. The third kappa shape index (κ3) is 5.57. The summed E-state index contributed by atoms with van der Waals surface area (Å²) in [5.74, 6) is -0.493. The maximum absolute atomic E-state index is 13.1. The molecule has 2 N–H and O–H groups in total. The first-order chi connectivity index (χ1) is 15.2. The third-order valence-electron chi connectivity index (χ3n) is 5.57. The predicted octanol–water partition coefficient (Wildman–Crippen LogP) is 5.24. The molecule has 1 aromatic heterocycles. The monoisotopic (exact) mass is 479 g/mol. The third-order valence-corrected chi connectivity index (χ3v) is 5.90. The van der Waals surface area contributed by atoms with Gasteiger partial charge in [-0.2, -0.15) is 13.2 Å². The molecule has 9 heteroatoms. The average molecular weight is 480 g/mol. The largest absolute Gasteiger partial charge is 0.417 e. The number of benzene rings is 2. The Bertz CT molecular complexity index is 1220. The molecular weight excluding hydrogens is 455 g/mol. The van der Waals surface area contributed by atoms with Crippen LogP contribution in [0, 0.1) is 0 Å². The first-order valence-electron chi connectivity index (χ1n) is 10.2. The molecule has 5 nitrogen and oxygen atoms in total. The minimum absolute atomic E-state index is 0. The molecule has 2 aromatic carbocycles. The average Bonchev–Trinajstić information content (AvgIpc) is 3.24. The summed E-state index contributed by atoms with van der Waals surface area (Å²) in [7, 11) is 0. The van der Waals surface area contributed by atoms with Crippen molar-refractivity contribution in [3.05, 3.63) is 75.2 Å². The fourth-order valence-electron chi connectivity index (χ4n) is 4.00. The van der Waals surface area contributed by atoms with E-state index in [1.807, 2.05) is 0 Å². The second kappa shape index (κ2) is 9.97. The van der Waals surface area contributed by atoms with Gasteiger partial charge in [-0.1, -0.05) is 31.2 Å². The maximum atomic E-state index is 13.1. The number of aromatic nitrogens is 1. The fraction of sp³-hybridized carbons (Fsp3) is 0.333. The molecule has 2 heterocycles. The first-order valence-corrected chi connectivity index (χ1v) is 10.6. The molecule has 0 aliphatic carbocycles. The van der Waals surface area contributed by atoms with E-state index in [4.69, 9.17) is 11.6 Å². The molecular formula is C24H25ClF3N3O2. The van der Waals surface area contributed by atoms with Crippen LogP contribution in [0.15, 0.2) is 53.5 Å². The van der Waals surface area contributed by atoms with Crippen molar-refractivity contribution < 1.29 is 18.0 Å². The first kappa shape index (κ1) is 24.8. The highest BCUT2D eigenvalue weighted by Gasteiger charge is 2.33. The van der Waals surface area contributed by atoms with E-state index in [2.05, 4.69) is 10.6 Å². The lowest BCUT2D eigenvalue weighted by molar-refractivity contribution is -0.137. The molecule has 1 aliphatic rings. The summed E-state index contributed by atoms with van der Waals surface area (Å²) < 4.78 is 40.9. The van der Waals surface area contributed by atoms with Crippen molar-refractivity contribution in [2.75, 3.05) is 11.9 Å². The van der Waals surface area contributed by atoms with Crippen LogP contribution in [0.5, 0.6) is 0 Å². The summed E-state index contributed by atoms with van der Waals surface area (Å²) in [6.45, 7) is 1.52. The normalized spacial score (nSPS) is 15.9. The Hall–Kier alpha value is -2.84. The van der Waals surface area contributed by atoms with Gasteiger partial charge in [0.05, 0.1) is 17.0 Å². The molecule has 0 unspecified atom stereocenters. The van der Waals surface area contributed by atoms with E-state index in [1.165, 1.54) is 6.07 Å². The van der Waals surface area contributed by atoms with Crippen LogP contribution >= 0.6 is 11.6 Å². The number of fused-ring (bicyclic) bond motifs is 1. The van der Waals surface area contributed by atoms with Gasteiger partial charge in [0.25, 0.3) is 5.56 Å². The van der Waals surface area contributed by atoms with Gasteiger partial charge in [-0.3, -0.25) is 9.59 Å². The molecule has 0 spiro atoms. The molecule has 1 fully saturated rings. The number of nitrogens with zero attached hydrogens (tertiary/aromatic N) is 1. The van der Waals surface area contributed by atoms with Gasteiger partial charge in [-0.25, -0.2) is 0 Å². The van der Waals surface area contributed by atoms with E-state index in [-0.39, 0.29) is 31.0 Å². The lowest BCUT2D eigenvalue weighted by Gasteiger charge is -2.15. The quantitative estimate of drug-likeness (QED) is 0.526. The van der Waals surface area contributed by atoms with Crippen molar-refractivity contribution >= 4 is 34.0 Å². The smallest absolute Gasteiger partial charge is 0.325 e. The Morgan fingerprint density at radius 3 is 2.67 bits per heavy atom. The highest BCUT2D eigenvalue weighted by Crippen LogP contribution is 2.35. The fourth-order valence-corrected chi connectivity index (χ4v) is 4.23. The van der Waals surface area contributed by atoms with E-state index in [0.29, 0.717) is 23.0 Å². The van der Waals surface area contributed by atoms with Crippen molar-refractivity contribution in [2.24, 2.45) is 0 Å². The van der Waals surface area contributed by atoms with E-state index in [1.54, 1.807) is 35.0 Å². The highest BCUT2D eigenvalue weighted by molar-refractivity contribution is 6.31. The van der Waals surface area contributed by atoms with Gasteiger partial charge in [0, 0.05) is 35.2 Å². The van der Waals surface area contributed by atoms with Crippen LogP contribution < -0.4 is 16.2 Å². The second-order valence-electron chi connectivity index (χ2n) is 7.87. The van der Waals surface area contributed by atoms with Gasteiger partial charge in [0.2, 0.25) is 5.91 Å². The van der Waals surface area contributed by atoms with Gasteiger partial charge < -0.3 is 15.2 Å². The summed E-state index contributed by atoms with van der Waals surface area (Å²) in [5, 5.41) is 6.70. The Labute approximate surface area is 194 Å². The molecule has 176 valence electrons. The topological polar surface area (TPSA) is 63.1 Å². The zero-order valence-corrected chi connectivity index (χ0v) is 17.8. The van der Waals surface area contributed by atoms with E-state index < -0.39 is 22.7 Å². The number of amides is 1. The lowest BCUT2D eigenvalue weighted by Crippen LogP contribution is -2.32. The number of pyridine rings is 1. The molecule has 0 saturated carbocycles. The van der Waals surface area contributed by atoms with Crippen LogP contribution in [0.25, 0.3) is 10.8 Å².